The van der Waals surface area contributed by atoms with Crippen molar-refractivity contribution in [1.29, 1.82) is 0 Å². The van der Waals surface area contributed by atoms with E-state index >= 15 is 0 Å². The number of fused-ring (bicyclic) bond motifs is 1. The molecule has 2 aromatic carbocycles. The van der Waals surface area contributed by atoms with E-state index in [4.69, 9.17) is 13.9 Å². The summed E-state index contributed by atoms with van der Waals surface area (Å²) in [6.07, 6.45) is 0. The van der Waals surface area contributed by atoms with Crippen LogP contribution in [0.5, 0.6) is 11.5 Å². The molecule has 0 atom stereocenters. The molecule has 3 rings (SSSR count). The third-order valence-corrected chi connectivity index (χ3v) is 3.21. The standard InChI is InChI=1S/C15H12N2O5/c1-20-12-6-3-9(7-14(12)21-2)15-16-11-5-4-10(17(18)19)8-13(11)22-15/h3-8H,1-2H3. The summed E-state index contributed by atoms with van der Waals surface area (Å²) in [6, 6.07) is 9.56. The Morgan fingerprint density at radius 2 is 1.86 bits per heavy atom. The van der Waals surface area contributed by atoms with E-state index in [9.17, 15) is 10.1 Å². The van der Waals surface area contributed by atoms with Gasteiger partial charge >= 0.3 is 0 Å². The van der Waals surface area contributed by atoms with E-state index in [1.807, 2.05) is 0 Å². The molecule has 3 aromatic rings. The Labute approximate surface area is 125 Å². The zero-order valence-electron chi connectivity index (χ0n) is 11.9. The predicted molar refractivity (Wildman–Crippen MR) is 79.2 cm³/mol. The molecule has 0 radical (unpaired) electrons. The van der Waals surface area contributed by atoms with Gasteiger partial charge in [-0.2, -0.15) is 0 Å². The second-order valence-electron chi connectivity index (χ2n) is 4.50. The largest absolute Gasteiger partial charge is 0.493 e. The van der Waals surface area contributed by atoms with Crippen molar-refractivity contribution in [2.75, 3.05) is 14.2 Å². The fourth-order valence-corrected chi connectivity index (χ4v) is 2.12. The molecule has 0 saturated heterocycles. The van der Waals surface area contributed by atoms with Gasteiger partial charge < -0.3 is 13.9 Å². The fraction of sp³-hybridized carbons (Fsp3) is 0.133. The van der Waals surface area contributed by atoms with Crippen molar-refractivity contribution in [2.24, 2.45) is 0 Å². The predicted octanol–water partition coefficient (Wildman–Crippen LogP) is 3.42. The molecule has 0 aliphatic rings. The van der Waals surface area contributed by atoms with Crippen molar-refractivity contribution in [1.82, 2.24) is 4.98 Å². The van der Waals surface area contributed by atoms with E-state index < -0.39 is 4.92 Å². The number of oxazole rings is 1. The summed E-state index contributed by atoms with van der Waals surface area (Å²) in [5.41, 5.74) is 1.56. The molecule has 112 valence electrons. The number of rotatable bonds is 4. The fourth-order valence-electron chi connectivity index (χ4n) is 2.12. The molecule has 0 aliphatic carbocycles. The summed E-state index contributed by atoms with van der Waals surface area (Å²) in [5.74, 6) is 1.50. The molecule has 0 spiro atoms. The minimum absolute atomic E-state index is 0.0393. The van der Waals surface area contributed by atoms with Gasteiger partial charge in [-0.05, 0) is 24.3 Å². The van der Waals surface area contributed by atoms with Gasteiger partial charge in [0.25, 0.3) is 5.69 Å². The molecule has 0 unspecified atom stereocenters. The lowest BCUT2D eigenvalue weighted by Crippen LogP contribution is -1.90. The van der Waals surface area contributed by atoms with E-state index in [0.29, 0.717) is 34.1 Å². The van der Waals surface area contributed by atoms with Crippen molar-refractivity contribution >= 4 is 16.8 Å². The first-order valence-corrected chi connectivity index (χ1v) is 6.40. The summed E-state index contributed by atoms with van der Waals surface area (Å²) in [6.45, 7) is 0. The molecule has 0 bridgehead atoms. The maximum atomic E-state index is 10.8. The maximum Gasteiger partial charge on any atom is 0.273 e. The first kappa shape index (κ1) is 13.9. The number of hydrogen-bond donors (Lipinski definition) is 0. The lowest BCUT2D eigenvalue weighted by molar-refractivity contribution is -0.384. The number of benzene rings is 2. The van der Waals surface area contributed by atoms with E-state index in [2.05, 4.69) is 4.98 Å². The van der Waals surface area contributed by atoms with Crippen LogP contribution in [0, 0.1) is 10.1 Å². The Kier molecular flexibility index (Phi) is 3.38. The highest BCUT2D eigenvalue weighted by Crippen LogP contribution is 2.33. The van der Waals surface area contributed by atoms with Gasteiger partial charge in [0.15, 0.2) is 17.1 Å². The van der Waals surface area contributed by atoms with E-state index in [1.54, 1.807) is 31.4 Å². The minimum Gasteiger partial charge on any atom is -0.493 e. The lowest BCUT2D eigenvalue weighted by atomic mass is 10.2. The average Bonchev–Trinajstić information content (AvgIpc) is 2.97. The van der Waals surface area contributed by atoms with Gasteiger partial charge in [-0.1, -0.05) is 0 Å². The number of ether oxygens (including phenoxy) is 2. The highest BCUT2D eigenvalue weighted by Gasteiger charge is 2.14. The van der Waals surface area contributed by atoms with E-state index in [-0.39, 0.29) is 5.69 Å². The van der Waals surface area contributed by atoms with Crippen LogP contribution in [0.1, 0.15) is 0 Å². The van der Waals surface area contributed by atoms with Crippen LogP contribution in [0.15, 0.2) is 40.8 Å². The number of methoxy groups -OCH3 is 2. The molecule has 0 fully saturated rings. The highest BCUT2D eigenvalue weighted by molar-refractivity contribution is 5.78. The van der Waals surface area contributed by atoms with E-state index in [1.165, 1.54) is 19.2 Å². The van der Waals surface area contributed by atoms with Crippen molar-refractivity contribution in [3.05, 3.63) is 46.5 Å². The number of nitro benzene ring substituents is 1. The van der Waals surface area contributed by atoms with Gasteiger partial charge in [-0.3, -0.25) is 10.1 Å². The van der Waals surface area contributed by atoms with Crippen LogP contribution >= 0.6 is 0 Å². The van der Waals surface area contributed by atoms with Crippen LogP contribution in [0.25, 0.3) is 22.6 Å². The summed E-state index contributed by atoms with van der Waals surface area (Å²) >= 11 is 0. The van der Waals surface area contributed by atoms with Gasteiger partial charge in [0.05, 0.1) is 25.2 Å². The third kappa shape index (κ3) is 2.32. The summed E-state index contributed by atoms with van der Waals surface area (Å²) in [4.78, 5) is 14.6. The molecule has 0 saturated carbocycles. The second kappa shape index (κ2) is 5.36. The SMILES string of the molecule is COc1ccc(-c2nc3ccc([N+](=O)[O-])cc3o2)cc1OC. The van der Waals surface area contributed by atoms with Gasteiger partial charge in [0, 0.05) is 11.6 Å². The average molecular weight is 300 g/mol. The molecule has 7 heteroatoms. The van der Waals surface area contributed by atoms with Crippen molar-refractivity contribution in [3.63, 3.8) is 0 Å². The monoisotopic (exact) mass is 300 g/mol. The van der Waals surface area contributed by atoms with Crippen LogP contribution in [-0.4, -0.2) is 24.1 Å². The summed E-state index contributed by atoms with van der Waals surface area (Å²) in [5, 5.41) is 10.8. The van der Waals surface area contributed by atoms with Crippen LogP contribution < -0.4 is 9.47 Å². The Bertz CT molecular complexity index is 856. The van der Waals surface area contributed by atoms with Crippen LogP contribution in [0.3, 0.4) is 0 Å². The quantitative estimate of drug-likeness (QED) is 0.542. The molecule has 22 heavy (non-hydrogen) atoms. The molecule has 0 amide bonds. The third-order valence-electron chi connectivity index (χ3n) is 3.21. The molecule has 7 nitrogen and oxygen atoms in total. The number of nitro groups is 1. The summed E-state index contributed by atoms with van der Waals surface area (Å²) in [7, 11) is 3.09. The first-order valence-electron chi connectivity index (χ1n) is 6.40. The molecule has 1 heterocycles. The van der Waals surface area contributed by atoms with Gasteiger partial charge in [-0.25, -0.2) is 4.98 Å². The number of non-ortho nitro benzene ring substituents is 1. The second-order valence-corrected chi connectivity index (χ2v) is 4.50. The smallest absolute Gasteiger partial charge is 0.273 e. The normalized spacial score (nSPS) is 10.6. The first-order chi connectivity index (χ1) is 10.6. The van der Waals surface area contributed by atoms with Gasteiger partial charge in [0.1, 0.15) is 5.52 Å². The Hall–Kier alpha value is -3.09. The Morgan fingerprint density at radius 3 is 2.55 bits per heavy atom. The lowest BCUT2D eigenvalue weighted by Gasteiger charge is -2.07. The Morgan fingerprint density at radius 1 is 1.09 bits per heavy atom. The number of hydrogen-bond acceptors (Lipinski definition) is 6. The zero-order chi connectivity index (χ0) is 15.7. The molecule has 1 aromatic heterocycles. The molecule has 0 aliphatic heterocycles. The van der Waals surface area contributed by atoms with Crippen LogP contribution in [0.2, 0.25) is 0 Å². The zero-order valence-corrected chi connectivity index (χ0v) is 11.9. The van der Waals surface area contributed by atoms with Crippen molar-refractivity contribution in [2.45, 2.75) is 0 Å². The maximum absolute atomic E-state index is 10.8. The number of aromatic nitrogens is 1. The highest BCUT2D eigenvalue weighted by atomic mass is 16.6. The van der Waals surface area contributed by atoms with Gasteiger partial charge in [0.2, 0.25) is 5.89 Å². The number of nitrogens with zero attached hydrogens (tertiary/aromatic N) is 2. The molecule has 0 N–H and O–H groups in total. The Balaban J connectivity index is 2.08. The van der Waals surface area contributed by atoms with Crippen molar-refractivity contribution in [3.8, 4) is 23.0 Å². The van der Waals surface area contributed by atoms with Crippen LogP contribution in [0.4, 0.5) is 5.69 Å². The van der Waals surface area contributed by atoms with Gasteiger partial charge in [-0.15, -0.1) is 0 Å². The van der Waals surface area contributed by atoms with Crippen LogP contribution in [-0.2, 0) is 0 Å². The molecular weight excluding hydrogens is 288 g/mol. The van der Waals surface area contributed by atoms with Crippen molar-refractivity contribution < 1.29 is 18.8 Å². The summed E-state index contributed by atoms with van der Waals surface area (Å²) < 4.78 is 16.0. The molecular formula is C15H12N2O5. The topological polar surface area (TPSA) is 87.6 Å². The minimum atomic E-state index is -0.474. The van der Waals surface area contributed by atoms with E-state index in [0.717, 1.165) is 0 Å².